The van der Waals surface area contributed by atoms with Crippen molar-refractivity contribution in [2.45, 2.75) is 0 Å². The minimum Gasteiger partial charge on any atom is -0.403 e. The number of nitro benzene ring substituents is 1. The Labute approximate surface area is 101 Å². The number of hydrogen-bond donors (Lipinski definition) is 0. The zero-order chi connectivity index (χ0) is 12.7. The van der Waals surface area contributed by atoms with E-state index in [0.717, 1.165) is 0 Å². The lowest BCUT2D eigenvalue weighted by Crippen LogP contribution is -2.02. The topological polar surface area (TPSA) is 82.3 Å². The van der Waals surface area contributed by atoms with Gasteiger partial charge in [-0.2, -0.15) is 0 Å². The Morgan fingerprint density at radius 1 is 1.11 bits per heavy atom. The van der Waals surface area contributed by atoms with Crippen molar-refractivity contribution in [3.05, 3.63) is 52.2 Å². The molecule has 0 unspecified atom stereocenters. The second-order valence-electron chi connectivity index (χ2n) is 3.71. The number of rotatable bonds is 2. The van der Waals surface area contributed by atoms with E-state index >= 15 is 0 Å². The molecule has 1 aromatic heterocycles. The summed E-state index contributed by atoms with van der Waals surface area (Å²) in [6.07, 6.45) is 0. The summed E-state index contributed by atoms with van der Waals surface area (Å²) in [6, 6.07) is 9.32. The predicted molar refractivity (Wildman–Crippen MR) is 61.3 cm³/mol. The van der Waals surface area contributed by atoms with Gasteiger partial charge in [-0.1, -0.05) is 12.1 Å². The van der Waals surface area contributed by atoms with Crippen molar-refractivity contribution in [3.63, 3.8) is 0 Å². The monoisotopic (exact) mass is 242 g/mol. The molecular formula is C12H6N2O4. The summed E-state index contributed by atoms with van der Waals surface area (Å²) in [5.74, 6) is -0.361. The van der Waals surface area contributed by atoms with Crippen LogP contribution in [0.5, 0.6) is 5.88 Å². The van der Waals surface area contributed by atoms with Gasteiger partial charge in [0.05, 0.1) is 10.5 Å². The molecular weight excluding hydrogens is 236 g/mol. The van der Waals surface area contributed by atoms with E-state index in [1.165, 1.54) is 12.1 Å². The number of ether oxygens (including phenoxy) is 1. The van der Waals surface area contributed by atoms with Crippen LogP contribution < -0.4 is 4.74 Å². The van der Waals surface area contributed by atoms with Crippen LogP contribution in [0, 0.1) is 10.1 Å². The Balaban J connectivity index is 2.25. The van der Waals surface area contributed by atoms with E-state index in [9.17, 15) is 14.9 Å². The molecule has 1 aliphatic heterocycles. The number of benzene rings is 1. The number of carbonyl (C=O) groups is 1. The molecule has 0 radical (unpaired) electrons. The first-order valence-electron chi connectivity index (χ1n) is 5.14. The molecule has 1 aromatic carbocycles. The van der Waals surface area contributed by atoms with Crippen LogP contribution >= 0.6 is 0 Å². The van der Waals surface area contributed by atoms with Crippen LogP contribution in [0.15, 0.2) is 36.4 Å². The van der Waals surface area contributed by atoms with E-state index in [1.807, 2.05) is 0 Å². The molecule has 6 heteroatoms. The van der Waals surface area contributed by atoms with Crippen molar-refractivity contribution in [1.82, 2.24) is 4.98 Å². The molecule has 6 nitrogen and oxygen atoms in total. The Kier molecular flexibility index (Phi) is 2.09. The molecule has 0 amide bonds. The first-order chi connectivity index (χ1) is 8.66. The molecule has 0 spiro atoms. The van der Waals surface area contributed by atoms with Gasteiger partial charge >= 0.3 is 5.97 Å². The van der Waals surface area contributed by atoms with E-state index in [1.54, 1.807) is 24.3 Å². The zero-order valence-corrected chi connectivity index (χ0v) is 8.99. The lowest BCUT2D eigenvalue weighted by Gasteiger charge is -2.02. The average molecular weight is 242 g/mol. The van der Waals surface area contributed by atoms with Crippen LogP contribution in [0.25, 0.3) is 11.1 Å². The van der Waals surface area contributed by atoms with Gasteiger partial charge in [-0.3, -0.25) is 10.1 Å². The van der Waals surface area contributed by atoms with Crippen molar-refractivity contribution in [2.24, 2.45) is 0 Å². The van der Waals surface area contributed by atoms with Crippen molar-refractivity contribution in [2.75, 3.05) is 0 Å². The Morgan fingerprint density at radius 3 is 2.67 bits per heavy atom. The molecule has 2 aromatic rings. The van der Waals surface area contributed by atoms with Crippen molar-refractivity contribution in [3.8, 4) is 17.0 Å². The highest BCUT2D eigenvalue weighted by atomic mass is 16.6. The minimum atomic E-state index is -0.580. The summed E-state index contributed by atoms with van der Waals surface area (Å²) in [6.45, 7) is 0. The van der Waals surface area contributed by atoms with Gasteiger partial charge in [-0.15, -0.1) is 0 Å². The van der Waals surface area contributed by atoms with Crippen LogP contribution in [0.2, 0.25) is 0 Å². The second kappa shape index (κ2) is 3.63. The van der Waals surface area contributed by atoms with Gasteiger partial charge in [0, 0.05) is 17.7 Å². The summed E-state index contributed by atoms with van der Waals surface area (Å²) in [7, 11) is 0. The molecule has 2 bridgehead atoms. The maximum Gasteiger partial charge on any atom is 0.364 e. The number of nitrogens with zero attached hydrogens (tertiary/aromatic N) is 2. The van der Waals surface area contributed by atoms with Crippen LogP contribution in [0.3, 0.4) is 0 Å². The summed E-state index contributed by atoms with van der Waals surface area (Å²) in [4.78, 5) is 25.9. The van der Waals surface area contributed by atoms with Crippen molar-refractivity contribution >= 4 is 11.7 Å². The third-order valence-electron chi connectivity index (χ3n) is 2.65. The summed E-state index contributed by atoms with van der Waals surface area (Å²) >= 11 is 0. The summed E-state index contributed by atoms with van der Waals surface area (Å²) < 4.78 is 4.83. The number of para-hydroxylation sites is 1. The molecule has 0 saturated heterocycles. The minimum absolute atomic E-state index is 0.0667. The van der Waals surface area contributed by atoms with Gasteiger partial charge < -0.3 is 4.74 Å². The molecule has 1 aliphatic rings. The molecule has 18 heavy (non-hydrogen) atoms. The van der Waals surface area contributed by atoms with Crippen molar-refractivity contribution < 1.29 is 14.5 Å². The highest BCUT2D eigenvalue weighted by Gasteiger charge is 2.27. The molecule has 3 rings (SSSR count). The Hall–Kier alpha value is -2.76. The molecule has 2 heterocycles. The fourth-order valence-corrected chi connectivity index (χ4v) is 1.87. The number of pyridine rings is 1. The number of fused-ring (bicyclic) bond motifs is 2. The number of aromatic nitrogens is 1. The van der Waals surface area contributed by atoms with Gasteiger partial charge in [-0.25, -0.2) is 9.78 Å². The first-order valence-corrected chi connectivity index (χ1v) is 5.14. The van der Waals surface area contributed by atoms with Gasteiger partial charge in [0.1, 0.15) is 0 Å². The van der Waals surface area contributed by atoms with E-state index < -0.39 is 10.9 Å². The van der Waals surface area contributed by atoms with Crippen molar-refractivity contribution in [1.29, 1.82) is 0 Å². The lowest BCUT2D eigenvalue weighted by molar-refractivity contribution is -0.384. The standard InChI is InChI=1S/C12H6N2O4/c15-12-11-8(5-6-10(13-11)18-12)7-3-1-2-4-9(7)14(16)17/h1-6H. The smallest absolute Gasteiger partial charge is 0.364 e. The molecule has 0 atom stereocenters. The van der Waals surface area contributed by atoms with E-state index in [2.05, 4.69) is 4.98 Å². The first kappa shape index (κ1) is 10.4. The SMILES string of the molecule is O=C1Oc2ccc(-c3ccccc3[N+](=O)[O-])c1n2. The molecule has 88 valence electrons. The van der Waals surface area contributed by atoms with Crippen LogP contribution in [-0.4, -0.2) is 15.9 Å². The van der Waals surface area contributed by atoms with E-state index in [0.29, 0.717) is 11.1 Å². The fourth-order valence-electron chi connectivity index (χ4n) is 1.87. The molecule has 0 N–H and O–H groups in total. The van der Waals surface area contributed by atoms with Gasteiger partial charge in [-0.05, 0) is 12.1 Å². The lowest BCUT2D eigenvalue weighted by atomic mass is 10.0. The van der Waals surface area contributed by atoms with E-state index in [-0.39, 0.29) is 17.3 Å². The third-order valence-corrected chi connectivity index (χ3v) is 2.65. The highest BCUT2D eigenvalue weighted by molar-refractivity contribution is 5.99. The van der Waals surface area contributed by atoms with E-state index in [4.69, 9.17) is 4.74 Å². The van der Waals surface area contributed by atoms with Gasteiger partial charge in [0.15, 0.2) is 5.69 Å². The summed E-state index contributed by atoms with van der Waals surface area (Å²) in [5.41, 5.74) is 0.814. The Bertz CT molecular complexity index is 678. The van der Waals surface area contributed by atoms with Gasteiger partial charge in [0.25, 0.3) is 5.69 Å². The average Bonchev–Trinajstić information content (AvgIpc) is 2.65. The number of esters is 1. The van der Waals surface area contributed by atoms with Crippen LogP contribution in [-0.2, 0) is 0 Å². The maximum atomic E-state index is 11.5. The normalized spacial score (nSPS) is 12.3. The fraction of sp³-hybridized carbons (Fsp3) is 0. The Morgan fingerprint density at radius 2 is 1.89 bits per heavy atom. The molecule has 0 saturated carbocycles. The maximum absolute atomic E-state index is 11.5. The second-order valence-corrected chi connectivity index (χ2v) is 3.71. The zero-order valence-electron chi connectivity index (χ0n) is 8.99. The number of nitro groups is 1. The number of carbonyl (C=O) groups excluding carboxylic acids is 1. The van der Waals surface area contributed by atoms with Crippen LogP contribution in [0.4, 0.5) is 5.69 Å². The largest absolute Gasteiger partial charge is 0.403 e. The number of hydrogen-bond acceptors (Lipinski definition) is 5. The molecule has 0 fully saturated rings. The molecule has 0 aliphatic carbocycles. The summed E-state index contributed by atoms with van der Waals surface area (Å²) in [5, 5.41) is 11.0. The quantitative estimate of drug-likeness (QED) is 0.458. The van der Waals surface area contributed by atoms with Gasteiger partial charge in [0.2, 0.25) is 5.88 Å². The predicted octanol–water partition coefficient (Wildman–Crippen LogP) is 2.19. The van der Waals surface area contributed by atoms with Crippen LogP contribution in [0.1, 0.15) is 10.5 Å². The third kappa shape index (κ3) is 1.43. The highest BCUT2D eigenvalue weighted by Crippen LogP contribution is 2.34.